The number of carbonyl (C=O) groups is 1. The van der Waals surface area contributed by atoms with Gasteiger partial charge in [-0.25, -0.2) is 4.98 Å². The number of hydrogen-bond acceptors (Lipinski definition) is 4. The maximum absolute atomic E-state index is 12.3. The molecule has 1 amide bonds. The van der Waals surface area contributed by atoms with E-state index in [1.54, 1.807) is 43.6 Å². The van der Waals surface area contributed by atoms with Gasteiger partial charge in [-0.2, -0.15) is 0 Å². The molecular formula is C17H20ClN3O2. The van der Waals surface area contributed by atoms with Crippen LogP contribution in [0.2, 0.25) is 5.02 Å². The van der Waals surface area contributed by atoms with Gasteiger partial charge in [0.25, 0.3) is 5.91 Å². The number of pyridine rings is 1. The molecule has 2 N–H and O–H groups in total. The fraction of sp³-hybridized carbons (Fsp3) is 0.294. The molecule has 5 nitrogen and oxygen atoms in total. The zero-order valence-electron chi connectivity index (χ0n) is 13.2. The number of aromatic nitrogens is 1. The Morgan fingerprint density at radius 2 is 2.13 bits per heavy atom. The van der Waals surface area contributed by atoms with E-state index < -0.39 is 0 Å². The predicted octanol–water partition coefficient (Wildman–Crippen LogP) is 4.21. The molecule has 0 fully saturated rings. The average molecular weight is 334 g/mol. The third-order valence-electron chi connectivity index (χ3n) is 3.27. The molecule has 0 aliphatic rings. The highest BCUT2D eigenvalue weighted by Crippen LogP contribution is 2.27. The van der Waals surface area contributed by atoms with Crippen molar-refractivity contribution >= 4 is 29.0 Å². The fourth-order valence-electron chi connectivity index (χ4n) is 2.01. The normalized spacial score (nSPS) is 10.2. The van der Waals surface area contributed by atoms with E-state index in [-0.39, 0.29) is 5.91 Å². The topological polar surface area (TPSA) is 63.2 Å². The van der Waals surface area contributed by atoms with E-state index in [0.717, 1.165) is 19.4 Å². The van der Waals surface area contributed by atoms with E-state index in [1.165, 1.54) is 0 Å². The molecule has 2 rings (SSSR count). The standard InChI is InChI=1S/C17H20ClN3O2/c1-3-4-8-19-16-10-12(7-9-20-16)17(22)21-13-5-6-15(23-2)14(18)11-13/h5-7,9-11H,3-4,8H2,1-2H3,(H,19,20)(H,21,22). The maximum Gasteiger partial charge on any atom is 0.255 e. The van der Waals surface area contributed by atoms with E-state index in [0.29, 0.717) is 27.8 Å². The van der Waals surface area contributed by atoms with Crippen LogP contribution in [0.5, 0.6) is 5.75 Å². The Morgan fingerprint density at radius 3 is 2.83 bits per heavy atom. The molecule has 0 saturated carbocycles. The van der Waals surface area contributed by atoms with Gasteiger partial charge in [0.2, 0.25) is 0 Å². The van der Waals surface area contributed by atoms with Crippen molar-refractivity contribution in [3.8, 4) is 5.75 Å². The summed E-state index contributed by atoms with van der Waals surface area (Å²) in [5.41, 5.74) is 1.14. The summed E-state index contributed by atoms with van der Waals surface area (Å²) in [7, 11) is 1.55. The van der Waals surface area contributed by atoms with Gasteiger partial charge >= 0.3 is 0 Å². The van der Waals surface area contributed by atoms with Crippen LogP contribution in [0.3, 0.4) is 0 Å². The lowest BCUT2D eigenvalue weighted by molar-refractivity contribution is 0.102. The number of methoxy groups -OCH3 is 1. The minimum atomic E-state index is -0.216. The van der Waals surface area contributed by atoms with Crippen LogP contribution in [-0.2, 0) is 0 Å². The minimum absolute atomic E-state index is 0.216. The first kappa shape index (κ1) is 17.1. The Bertz CT molecular complexity index is 677. The van der Waals surface area contributed by atoms with Crippen molar-refractivity contribution in [3.05, 3.63) is 47.1 Å². The molecule has 0 aliphatic heterocycles. The van der Waals surface area contributed by atoms with E-state index in [1.807, 2.05) is 0 Å². The van der Waals surface area contributed by atoms with Crippen molar-refractivity contribution in [1.82, 2.24) is 4.98 Å². The largest absolute Gasteiger partial charge is 0.495 e. The molecule has 2 aromatic rings. The van der Waals surface area contributed by atoms with Crippen LogP contribution in [-0.4, -0.2) is 24.5 Å². The predicted molar refractivity (Wildman–Crippen MR) is 93.6 cm³/mol. The number of anilines is 2. The zero-order chi connectivity index (χ0) is 16.7. The van der Waals surface area contributed by atoms with Crippen molar-refractivity contribution in [1.29, 1.82) is 0 Å². The second-order valence-corrected chi connectivity index (χ2v) is 5.42. The monoisotopic (exact) mass is 333 g/mol. The molecule has 1 heterocycles. The Kier molecular flexibility index (Phi) is 6.23. The SMILES string of the molecule is CCCCNc1cc(C(=O)Nc2ccc(OC)c(Cl)c2)ccn1. The summed E-state index contributed by atoms with van der Waals surface area (Å²) in [6.45, 7) is 2.96. The van der Waals surface area contributed by atoms with Crippen molar-refractivity contribution in [2.75, 3.05) is 24.3 Å². The number of nitrogens with zero attached hydrogens (tertiary/aromatic N) is 1. The Hall–Kier alpha value is -2.27. The first-order chi connectivity index (χ1) is 11.1. The third kappa shape index (κ3) is 4.86. The van der Waals surface area contributed by atoms with E-state index in [2.05, 4.69) is 22.5 Å². The van der Waals surface area contributed by atoms with Gasteiger partial charge in [0.1, 0.15) is 11.6 Å². The number of amides is 1. The van der Waals surface area contributed by atoms with Crippen LogP contribution >= 0.6 is 11.6 Å². The van der Waals surface area contributed by atoms with Gasteiger partial charge in [0.15, 0.2) is 0 Å². The molecular weight excluding hydrogens is 314 g/mol. The lowest BCUT2D eigenvalue weighted by atomic mass is 10.2. The number of rotatable bonds is 7. The summed E-state index contributed by atoms with van der Waals surface area (Å²) in [6, 6.07) is 8.51. The number of ether oxygens (including phenoxy) is 1. The van der Waals surface area contributed by atoms with Crippen LogP contribution in [0.4, 0.5) is 11.5 Å². The second-order valence-electron chi connectivity index (χ2n) is 5.01. The molecule has 0 unspecified atom stereocenters. The van der Waals surface area contributed by atoms with Crippen molar-refractivity contribution in [2.24, 2.45) is 0 Å². The third-order valence-corrected chi connectivity index (χ3v) is 3.56. The van der Waals surface area contributed by atoms with Crippen LogP contribution in [0.25, 0.3) is 0 Å². The number of nitrogens with one attached hydrogen (secondary N) is 2. The molecule has 1 aromatic heterocycles. The van der Waals surface area contributed by atoms with E-state index in [9.17, 15) is 4.79 Å². The lowest BCUT2D eigenvalue weighted by Crippen LogP contribution is -2.13. The first-order valence-electron chi connectivity index (χ1n) is 7.49. The average Bonchev–Trinajstić information content (AvgIpc) is 2.55. The number of benzene rings is 1. The van der Waals surface area contributed by atoms with E-state index >= 15 is 0 Å². The van der Waals surface area contributed by atoms with Crippen molar-refractivity contribution < 1.29 is 9.53 Å². The van der Waals surface area contributed by atoms with Crippen LogP contribution < -0.4 is 15.4 Å². The van der Waals surface area contributed by atoms with Gasteiger partial charge in [0.05, 0.1) is 12.1 Å². The molecule has 0 radical (unpaired) electrons. The molecule has 0 aliphatic carbocycles. The molecule has 6 heteroatoms. The Morgan fingerprint density at radius 1 is 1.30 bits per heavy atom. The first-order valence-corrected chi connectivity index (χ1v) is 7.86. The molecule has 0 saturated heterocycles. The van der Waals surface area contributed by atoms with Gasteiger partial charge in [0, 0.05) is 24.0 Å². The summed E-state index contributed by atoms with van der Waals surface area (Å²) in [4.78, 5) is 16.5. The van der Waals surface area contributed by atoms with Gasteiger partial charge in [-0.15, -0.1) is 0 Å². The summed E-state index contributed by atoms with van der Waals surface area (Å²) in [5, 5.41) is 6.46. The van der Waals surface area contributed by atoms with Gasteiger partial charge in [-0.05, 0) is 36.8 Å². The number of halogens is 1. The second kappa shape index (κ2) is 8.39. The van der Waals surface area contributed by atoms with Gasteiger partial charge < -0.3 is 15.4 Å². The molecule has 1 aromatic carbocycles. The summed E-state index contributed by atoms with van der Waals surface area (Å²) in [5.74, 6) is 1.04. The smallest absolute Gasteiger partial charge is 0.255 e. The van der Waals surface area contributed by atoms with E-state index in [4.69, 9.17) is 16.3 Å². The van der Waals surface area contributed by atoms with Gasteiger partial charge in [-0.3, -0.25) is 4.79 Å². The maximum atomic E-state index is 12.3. The lowest BCUT2D eigenvalue weighted by Gasteiger charge is -2.09. The molecule has 122 valence electrons. The molecule has 0 bridgehead atoms. The highest BCUT2D eigenvalue weighted by atomic mass is 35.5. The minimum Gasteiger partial charge on any atom is -0.495 e. The van der Waals surface area contributed by atoms with Crippen molar-refractivity contribution in [2.45, 2.75) is 19.8 Å². The number of carbonyl (C=O) groups excluding carboxylic acids is 1. The van der Waals surface area contributed by atoms with Crippen LogP contribution in [0.15, 0.2) is 36.5 Å². The highest BCUT2D eigenvalue weighted by Gasteiger charge is 2.09. The van der Waals surface area contributed by atoms with Crippen LogP contribution in [0, 0.1) is 0 Å². The zero-order valence-corrected chi connectivity index (χ0v) is 14.0. The Labute approximate surface area is 141 Å². The fourth-order valence-corrected chi connectivity index (χ4v) is 2.27. The number of hydrogen-bond donors (Lipinski definition) is 2. The quantitative estimate of drug-likeness (QED) is 0.745. The Balaban J connectivity index is 2.05. The number of unbranched alkanes of at least 4 members (excludes halogenated alkanes) is 1. The highest BCUT2D eigenvalue weighted by molar-refractivity contribution is 6.32. The summed E-state index contributed by atoms with van der Waals surface area (Å²) < 4.78 is 5.09. The van der Waals surface area contributed by atoms with Gasteiger partial charge in [-0.1, -0.05) is 24.9 Å². The molecule has 23 heavy (non-hydrogen) atoms. The van der Waals surface area contributed by atoms with Crippen LogP contribution in [0.1, 0.15) is 30.1 Å². The van der Waals surface area contributed by atoms with Crippen molar-refractivity contribution in [3.63, 3.8) is 0 Å². The summed E-state index contributed by atoms with van der Waals surface area (Å²) in [6.07, 6.45) is 3.78. The molecule has 0 spiro atoms. The molecule has 0 atom stereocenters. The summed E-state index contributed by atoms with van der Waals surface area (Å²) >= 11 is 6.06.